The molecule has 0 aliphatic heterocycles. The van der Waals surface area contributed by atoms with Crippen molar-refractivity contribution in [2.24, 2.45) is 0 Å². The number of amides is 1. The number of nitrogens with one attached hydrogen (secondary N) is 2. The number of hydrogen-bond donors (Lipinski definition) is 2. The molecule has 1 atom stereocenters. The van der Waals surface area contributed by atoms with Crippen molar-refractivity contribution in [2.45, 2.75) is 52.2 Å². The molecule has 0 radical (unpaired) electrons. The number of carbonyl (C=O) groups excluding carboxylic acids is 1. The standard InChI is InChI=1S/C13H24N2O2/c1-6-8-11(14-9-7-2)10-15-12(16)17-13(3,4)5/h2,11,14H,6,8-10H2,1,3-5H3,(H,15,16). The van der Waals surface area contributed by atoms with Gasteiger partial charge in [0.2, 0.25) is 0 Å². The molecule has 0 heterocycles. The van der Waals surface area contributed by atoms with E-state index in [1.54, 1.807) is 0 Å². The number of alkyl carbamates (subject to hydrolysis) is 1. The van der Waals surface area contributed by atoms with Gasteiger partial charge in [0.05, 0.1) is 6.54 Å². The van der Waals surface area contributed by atoms with Crippen LogP contribution in [-0.2, 0) is 4.74 Å². The molecule has 0 aliphatic carbocycles. The highest BCUT2D eigenvalue weighted by atomic mass is 16.6. The number of hydrogen-bond acceptors (Lipinski definition) is 3. The largest absolute Gasteiger partial charge is 0.444 e. The summed E-state index contributed by atoms with van der Waals surface area (Å²) in [6, 6.07) is 0.198. The molecule has 0 saturated carbocycles. The summed E-state index contributed by atoms with van der Waals surface area (Å²) >= 11 is 0. The fraction of sp³-hybridized carbons (Fsp3) is 0.769. The fourth-order valence-electron chi connectivity index (χ4n) is 1.35. The summed E-state index contributed by atoms with van der Waals surface area (Å²) in [5.74, 6) is 2.53. The first-order chi connectivity index (χ1) is 7.89. The second kappa shape index (κ2) is 7.97. The van der Waals surface area contributed by atoms with E-state index in [2.05, 4.69) is 23.5 Å². The van der Waals surface area contributed by atoms with Crippen LogP contribution in [0.25, 0.3) is 0 Å². The molecule has 4 heteroatoms. The molecular weight excluding hydrogens is 216 g/mol. The van der Waals surface area contributed by atoms with Crippen molar-refractivity contribution in [2.75, 3.05) is 13.1 Å². The molecule has 0 aromatic heterocycles. The number of carbonyl (C=O) groups is 1. The summed E-state index contributed by atoms with van der Waals surface area (Å²) < 4.78 is 5.15. The average molecular weight is 240 g/mol. The SMILES string of the molecule is C#CCNC(CCC)CNC(=O)OC(C)(C)C. The first-order valence-corrected chi connectivity index (χ1v) is 6.02. The van der Waals surface area contributed by atoms with E-state index in [-0.39, 0.29) is 12.1 Å². The topological polar surface area (TPSA) is 50.4 Å². The van der Waals surface area contributed by atoms with Crippen molar-refractivity contribution in [1.82, 2.24) is 10.6 Å². The van der Waals surface area contributed by atoms with Crippen LogP contribution in [0.2, 0.25) is 0 Å². The lowest BCUT2D eigenvalue weighted by atomic mass is 10.1. The molecule has 0 aromatic carbocycles. The third-order valence-electron chi connectivity index (χ3n) is 2.02. The summed E-state index contributed by atoms with van der Waals surface area (Å²) in [6.45, 7) is 8.66. The van der Waals surface area contributed by atoms with Crippen LogP contribution in [0, 0.1) is 12.3 Å². The van der Waals surface area contributed by atoms with Crippen LogP contribution < -0.4 is 10.6 Å². The lowest BCUT2D eigenvalue weighted by molar-refractivity contribution is 0.0522. The van der Waals surface area contributed by atoms with Crippen molar-refractivity contribution in [1.29, 1.82) is 0 Å². The Morgan fingerprint density at radius 2 is 2.12 bits per heavy atom. The quantitative estimate of drug-likeness (QED) is 0.697. The molecule has 0 aromatic rings. The summed E-state index contributed by atoms with van der Waals surface area (Å²) in [6.07, 6.45) is 6.81. The van der Waals surface area contributed by atoms with Crippen LogP contribution in [0.1, 0.15) is 40.5 Å². The van der Waals surface area contributed by atoms with E-state index < -0.39 is 5.60 Å². The maximum atomic E-state index is 11.4. The van der Waals surface area contributed by atoms with Crippen LogP contribution in [0.4, 0.5) is 4.79 Å². The Balaban J connectivity index is 3.95. The monoisotopic (exact) mass is 240 g/mol. The highest BCUT2D eigenvalue weighted by Crippen LogP contribution is 2.06. The summed E-state index contributed by atoms with van der Waals surface area (Å²) in [5.41, 5.74) is -0.462. The second-order valence-electron chi connectivity index (χ2n) is 4.95. The Morgan fingerprint density at radius 1 is 1.47 bits per heavy atom. The zero-order valence-electron chi connectivity index (χ0n) is 11.3. The van der Waals surface area contributed by atoms with Gasteiger partial charge in [0.25, 0.3) is 0 Å². The van der Waals surface area contributed by atoms with Gasteiger partial charge in [0, 0.05) is 12.6 Å². The van der Waals surface area contributed by atoms with E-state index in [1.807, 2.05) is 20.8 Å². The van der Waals surface area contributed by atoms with Crippen LogP contribution in [0.15, 0.2) is 0 Å². The zero-order chi connectivity index (χ0) is 13.3. The minimum atomic E-state index is -0.462. The van der Waals surface area contributed by atoms with Gasteiger partial charge < -0.3 is 15.4 Å². The molecule has 17 heavy (non-hydrogen) atoms. The van der Waals surface area contributed by atoms with Crippen molar-refractivity contribution in [3.63, 3.8) is 0 Å². The van der Waals surface area contributed by atoms with Gasteiger partial charge in [-0.05, 0) is 27.2 Å². The Kier molecular flexibility index (Phi) is 7.40. The number of terminal acetylenes is 1. The summed E-state index contributed by atoms with van der Waals surface area (Å²) in [4.78, 5) is 11.4. The minimum absolute atomic E-state index is 0.198. The molecular formula is C13H24N2O2. The Bertz CT molecular complexity index is 264. The lowest BCUT2D eigenvalue weighted by Crippen LogP contribution is -2.42. The zero-order valence-corrected chi connectivity index (χ0v) is 11.3. The molecule has 1 unspecified atom stereocenters. The number of rotatable bonds is 6. The van der Waals surface area contributed by atoms with E-state index in [9.17, 15) is 4.79 Å². The smallest absolute Gasteiger partial charge is 0.407 e. The third-order valence-corrected chi connectivity index (χ3v) is 2.02. The van der Waals surface area contributed by atoms with Gasteiger partial charge in [0.15, 0.2) is 0 Å². The molecule has 1 amide bonds. The predicted octanol–water partition coefficient (Wildman–Crippen LogP) is 1.90. The molecule has 0 spiro atoms. The molecule has 2 N–H and O–H groups in total. The van der Waals surface area contributed by atoms with Gasteiger partial charge in [-0.3, -0.25) is 0 Å². The molecule has 0 aliphatic rings. The first-order valence-electron chi connectivity index (χ1n) is 6.02. The van der Waals surface area contributed by atoms with Gasteiger partial charge in [0.1, 0.15) is 5.60 Å². The number of ether oxygens (including phenoxy) is 1. The van der Waals surface area contributed by atoms with Gasteiger partial charge in [-0.15, -0.1) is 6.42 Å². The van der Waals surface area contributed by atoms with E-state index >= 15 is 0 Å². The normalized spacial score (nSPS) is 12.6. The fourth-order valence-corrected chi connectivity index (χ4v) is 1.35. The van der Waals surface area contributed by atoms with E-state index in [0.29, 0.717) is 13.1 Å². The van der Waals surface area contributed by atoms with E-state index in [4.69, 9.17) is 11.2 Å². The van der Waals surface area contributed by atoms with Gasteiger partial charge in [-0.1, -0.05) is 19.3 Å². The molecule has 98 valence electrons. The maximum Gasteiger partial charge on any atom is 0.407 e. The molecule has 0 fully saturated rings. The maximum absolute atomic E-state index is 11.4. The Morgan fingerprint density at radius 3 is 2.59 bits per heavy atom. The van der Waals surface area contributed by atoms with Crippen LogP contribution in [0.3, 0.4) is 0 Å². The van der Waals surface area contributed by atoms with Crippen LogP contribution in [-0.4, -0.2) is 30.8 Å². The second-order valence-corrected chi connectivity index (χ2v) is 4.95. The lowest BCUT2D eigenvalue weighted by Gasteiger charge is -2.22. The molecule has 0 rings (SSSR count). The van der Waals surface area contributed by atoms with Gasteiger partial charge in [-0.2, -0.15) is 0 Å². The highest BCUT2D eigenvalue weighted by Gasteiger charge is 2.16. The third kappa shape index (κ3) is 9.70. The molecule has 0 saturated heterocycles. The Labute approximate surface area is 104 Å². The first kappa shape index (κ1) is 15.8. The van der Waals surface area contributed by atoms with Crippen LogP contribution >= 0.6 is 0 Å². The molecule has 0 bridgehead atoms. The van der Waals surface area contributed by atoms with Gasteiger partial charge in [-0.25, -0.2) is 4.79 Å². The highest BCUT2D eigenvalue weighted by molar-refractivity contribution is 5.67. The predicted molar refractivity (Wildman–Crippen MR) is 69.8 cm³/mol. The van der Waals surface area contributed by atoms with Crippen molar-refractivity contribution in [3.8, 4) is 12.3 Å². The average Bonchev–Trinajstić information content (AvgIpc) is 2.19. The summed E-state index contributed by atoms with van der Waals surface area (Å²) in [7, 11) is 0. The summed E-state index contributed by atoms with van der Waals surface area (Å²) in [5, 5.41) is 5.92. The Hall–Kier alpha value is -1.21. The van der Waals surface area contributed by atoms with Crippen LogP contribution in [0.5, 0.6) is 0 Å². The van der Waals surface area contributed by atoms with E-state index in [1.165, 1.54) is 0 Å². The van der Waals surface area contributed by atoms with Gasteiger partial charge >= 0.3 is 6.09 Å². The van der Waals surface area contributed by atoms with Crippen molar-refractivity contribution < 1.29 is 9.53 Å². The van der Waals surface area contributed by atoms with Crippen molar-refractivity contribution in [3.05, 3.63) is 0 Å². The minimum Gasteiger partial charge on any atom is -0.444 e. The van der Waals surface area contributed by atoms with E-state index in [0.717, 1.165) is 12.8 Å². The molecule has 4 nitrogen and oxygen atoms in total. The van der Waals surface area contributed by atoms with Crippen molar-refractivity contribution >= 4 is 6.09 Å².